The van der Waals surface area contributed by atoms with E-state index >= 15 is 0 Å². The highest BCUT2D eigenvalue weighted by molar-refractivity contribution is 7.22. The molecule has 1 aliphatic carbocycles. The molecule has 0 saturated heterocycles. The number of aryl methyl sites for hydroxylation is 2. The average Bonchev–Trinajstić information content (AvgIpc) is 3.09. The van der Waals surface area contributed by atoms with Crippen LogP contribution in [0.15, 0.2) is 34.9 Å². The number of rotatable bonds is 4. The number of amides is 1. The first-order valence-electron chi connectivity index (χ1n) is 7.84. The number of aromatic nitrogens is 1. The van der Waals surface area contributed by atoms with Crippen LogP contribution in [-0.2, 0) is 11.3 Å². The lowest BCUT2D eigenvalue weighted by Gasteiger charge is -2.18. The second-order valence-corrected chi connectivity index (χ2v) is 7.14. The van der Waals surface area contributed by atoms with Gasteiger partial charge < -0.3 is 4.42 Å². The SMILES string of the molecule is Cc1ccc2sc(N(Cc3ccco3)C(=O)C3CC3)nc2c1C. The van der Waals surface area contributed by atoms with Crippen LogP contribution in [0.5, 0.6) is 0 Å². The number of fused-ring (bicyclic) bond motifs is 1. The van der Waals surface area contributed by atoms with Crippen LogP contribution in [0.3, 0.4) is 0 Å². The summed E-state index contributed by atoms with van der Waals surface area (Å²) in [4.78, 5) is 19.3. The number of nitrogens with zero attached hydrogens (tertiary/aromatic N) is 2. The number of furan rings is 1. The summed E-state index contributed by atoms with van der Waals surface area (Å²) in [6.45, 7) is 4.62. The molecule has 0 unspecified atom stereocenters. The molecule has 1 saturated carbocycles. The van der Waals surface area contributed by atoms with Gasteiger partial charge in [0, 0.05) is 5.92 Å². The van der Waals surface area contributed by atoms with E-state index in [1.54, 1.807) is 22.5 Å². The Morgan fingerprint density at radius 1 is 1.35 bits per heavy atom. The van der Waals surface area contributed by atoms with Gasteiger partial charge in [0.15, 0.2) is 5.13 Å². The van der Waals surface area contributed by atoms with Crippen LogP contribution < -0.4 is 4.90 Å². The second kappa shape index (κ2) is 5.49. The largest absolute Gasteiger partial charge is 0.467 e. The lowest BCUT2D eigenvalue weighted by atomic mass is 10.1. The molecule has 2 aromatic heterocycles. The smallest absolute Gasteiger partial charge is 0.232 e. The maximum absolute atomic E-state index is 12.7. The number of benzene rings is 1. The van der Waals surface area contributed by atoms with E-state index in [0.29, 0.717) is 6.54 Å². The third-order valence-corrected chi connectivity index (χ3v) is 5.43. The Hall–Kier alpha value is -2.14. The fourth-order valence-electron chi connectivity index (χ4n) is 2.68. The lowest BCUT2D eigenvalue weighted by molar-refractivity contribution is -0.120. The topological polar surface area (TPSA) is 46.3 Å². The van der Waals surface area contributed by atoms with E-state index in [1.807, 2.05) is 12.1 Å². The third kappa shape index (κ3) is 2.65. The summed E-state index contributed by atoms with van der Waals surface area (Å²) in [5.74, 6) is 1.10. The van der Waals surface area contributed by atoms with Gasteiger partial charge in [0.05, 0.1) is 23.0 Å². The highest BCUT2D eigenvalue weighted by atomic mass is 32.1. The molecule has 118 valence electrons. The standard InChI is InChI=1S/C18H18N2O2S/c1-11-5-8-15-16(12(11)2)19-18(23-15)20(17(21)13-6-7-13)10-14-4-3-9-22-14/h3-5,8-9,13H,6-7,10H2,1-2H3. The van der Waals surface area contributed by atoms with Crippen LogP contribution >= 0.6 is 11.3 Å². The maximum Gasteiger partial charge on any atom is 0.232 e. The van der Waals surface area contributed by atoms with Gasteiger partial charge in [-0.05, 0) is 56.0 Å². The zero-order valence-corrected chi connectivity index (χ0v) is 14.0. The van der Waals surface area contributed by atoms with Crippen molar-refractivity contribution in [3.63, 3.8) is 0 Å². The minimum atomic E-state index is 0.153. The highest BCUT2D eigenvalue weighted by Crippen LogP contribution is 2.37. The summed E-state index contributed by atoms with van der Waals surface area (Å²) in [5, 5.41) is 0.766. The van der Waals surface area contributed by atoms with Gasteiger partial charge in [0.1, 0.15) is 5.76 Å². The number of hydrogen-bond acceptors (Lipinski definition) is 4. The predicted octanol–water partition coefficient (Wildman–Crippen LogP) is 4.45. The lowest BCUT2D eigenvalue weighted by Crippen LogP contribution is -2.31. The van der Waals surface area contributed by atoms with E-state index in [9.17, 15) is 4.79 Å². The number of anilines is 1. The van der Waals surface area contributed by atoms with Crippen LogP contribution in [0.1, 0.15) is 29.7 Å². The van der Waals surface area contributed by atoms with Crippen molar-refractivity contribution < 1.29 is 9.21 Å². The minimum absolute atomic E-state index is 0.153. The van der Waals surface area contributed by atoms with E-state index in [2.05, 4.69) is 26.0 Å². The molecule has 1 aromatic carbocycles. The molecule has 1 aliphatic rings. The molecule has 23 heavy (non-hydrogen) atoms. The van der Waals surface area contributed by atoms with Crippen LogP contribution in [0.4, 0.5) is 5.13 Å². The van der Waals surface area contributed by atoms with Crippen molar-refractivity contribution in [3.8, 4) is 0 Å². The van der Waals surface area contributed by atoms with E-state index in [0.717, 1.165) is 34.0 Å². The molecule has 4 nitrogen and oxygen atoms in total. The molecular weight excluding hydrogens is 308 g/mol. The maximum atomic E-state index is 12.7. The number of hydrogen-bond donors (Lipinski definition) is 0. The Labute approximate surface area is 138 Å². The van der Waals surface area contributed by atoms with Crippen molar-refractivity contribution >= 4 is 32.6 Å². The Balaban J connectivity index is 1.76. The third-order valence-electron chi connectivity index (χ3n) is 4.39. The van der Waals surface area contributed by atoms with Crippen LogP contribution in [-0.4, -0.2) is 10.9 Å². The Bertz CT molecular complexity index is 863. The molecule has 5 heteroatoms. The summed E-state index contributed by atoms with van der Waals surface area (Å²) in [7, 11) is 0. The van der Waals surface area contributed by atoms with Gasteiger partial charge in [-0.3, -0.25) is 9.69 Å². The molecule has 0 aliphatic heterocycles. The monoisotopic (exact) mass is 326 g/mol. The predicted molar refractivity (Wildman–Crippen MR) is 91.7 cm³/mol. The zero-order chi connectivity index (χ0) is 16.0. The molecule has 0 N–H and O–H groups in total. The van der Waals surface area contributed by atoms with Gasteiger partial charge in [-0.2, -0.15) is 0 Å². The Kier molecular flexibility index (Phi) is 3.45. The number of carbonyl (C=O) groups is 1. The van der Waals surface area contributed by atoms with Crippen molar-refractivity contribution in [2.75, 3.05) is 4.90 Å². The highest BCUT2D eigenvalue weighted by Gasteiger charge is 2.35. The van der Waals surface area contributed by atoms with Crippen molar-refractivity contribution in [2.24, 2.45) is 5.92 Å². The quantitative estimate of drug-likeness (QED) is 0.711. The number of thiazole rings is 1. The minimum Gasteiger partial charge on any atom is -0.467 e. The van der Waals surface area contributed by atoms with Gasteiger partial charge in [-0.1, -0.05) is 17.4 Å². The first-order valence-corrected chi connectivity index (χ1v) is 8.65. The van der Waals surface area contributed by atoms with E-state index in [1.165, 1.54) is 11.1 Å². The molecular formula is C18H18N2O2S. The van der Waals surface area contributed by atoms with Gasteiger partial charge >= 0.3 is 0 Å². The molecule has 0 radical (unpaired) electrons. The summed E-state index contributed by atoms with van der Waals surface area (Å²) < 4.78 is 6.56. The first kappa shape index (κ1) is 14.5. The summed E-state index contributed by atoms with van der Waals surface area (Å²) in [6, 6.07) is 7.95. The van der Waals surface area contributed by atoms with Gasteiger partial charge in [-0.15, -0.1) is 0 Å². The fourth-order valence-corrected chi connectivity index (χ4v) is 3.71. The van der Waals surface area contributed by atoms with Gasteiger partial charge in [-0.25, -0.2) is 4.98 Å². The second-order valence-electron chi connectivity index (χ2n) is 6.13. The van der Waals surface area contributed by atoms with Crippen LogP contribution in [0.2, 0.25) is 0 Å². The first-order chi connectivity index (χ1) is 11.1. The molecule has 1 fully saturated rings. The fraction of sp³-hybridized carbons (Fsp3) is 0.333. The summed E-state index contributed by atoms with van der Waals surface area (Å²) in [5.41, 5.74) is 3.40. The average molecular weight is 326 g/mol. The Morgan fingerprint density at radius 3 is 2.87 bits per heavy atom. The molecule has 1 amide bonds. The Morgan fingerprint density at radius 2 is 2.17 bits per heavy atom. The summed E-state index contributed by atoms with van der Waals surface area (Å²) in [6.07, 6.45) is 3.61. The number of carbonyl (C=O) groups excluding carboxylic acids is 1. The molecule has 0 bridgehead atoms. The normalized spacial score (nSPS) is 14.3. The van der Waals surface area contributed by atoms with E-state index in [4.69, 9.17) is 9.40 Å². The van der Waals surface area contributed by atoms with Crippen molar-refractivity contribution in [1.82, 2.24) is 4.98 Å². The zero-order valence-electron chi connectivity index (χ0n) is 13.2. The van der Waals surface area contributed by atoms with Crippen molar-refractivity contribution in [2.45, 2.75) is 33.2 Å². The van der Waals surface area contributed by atoms with Crippen molar-refractivity contribution in [3.05, 3.63) is 47.4 Å². The molecule has 0 spiro atoms. The van der Waals surface area contributed by atoms with Crippen LogP contribution in [0.25, 0.3) is 10.2 Å². The molecule has 0 atom stereocenters. The van der Waals surface area contributed by atoms with E-state index < -0.39 is 0 Å². The van der Waals surface area contributed by atoms with Gasteiger partial charge in [0.2, 0.25) is 5.91 Å². The van der Waals surface area contributed by atoms with E-state index in [-0.39, 0.29) is 11.8 Å². The van der Waals surface area contributed by atoms with Crippen molar-refractivity contribution in [1.29, 1.82) is 0 Å². The molecule has 4 rings (SSSR count). The molecule has 3 aromatic rings. The van der Waals surface area contributed by atoms with Crippen LogP contribution in [0, 0.1) is 19.8 Å². The molecule has 2 heterocycles. The van der Waals surface area contributed by atoms with Gasteiger partial charge in [0.25, 0.3) is 0 Å². The summed E-state index contributed by atoms with van der Waals surface area (Å²) >= 11 is 1.58.